The molecule has 2 aromatic rings. The summed E-state index contributed by atoms with van der Waals surface area (Å²) in [4.78, 5) is 13.1. The van der Waals surface area contributed by atoms with Gasteiger partial charge in [-0.2, -0.15) is 0 Å². The number of aromatic nitrogens is 2. The Balaban J connectivity index is 2.19. The normalized spacial score (nSPS) is 12.6. The molecule has 0 radical (unpaired) electrons. The summed E-state index contributed by atoms with van der Waals surface area (Å²) in [5.41, 5.74) is 0.530. The molecule has 7 heteroatoms. The molecule has 1 atom stereocenters. The average molecular weight is 295 g/mol. The average Bonchev–Trinajstić information content (AvgIpc) is 2.77. The highest BCUT2D eigenvalue weighted by Gasteiger charge is 2.25. The first-order valence-corrected chi connectivity index (χ1v) is 6.76. The van der Waals surface area contributed by atoms with E-state index in [-0.39, 0.29) is 5.82 Å². The largest absolute Gasteiger partial charge is 0.480 e. The summed E-state index contributed by atoms with van der Waals surface area (Å²) in [5, 5.41) is 18.8. The number of rotatable bonds is 5. The van der Waals surface area contributed by atoms with E-state index in [0.29, 0.717) is 12.1 Å². The van der Waals surface area contributed by atoms with Crippen LogP contribution in [0.5, 0.6) is 0 Å². The van der Waals surface area contributed by atoms with E-state index in [1.807, 2.05) is 6.92 Å². The Kier molecular flexibility index (Phi) is 4.41. The number of hydrogen-bond donors (Lipinski definition) is 1. The van der Waals surface area contributed by atoms with E-state index in [1.54, 1.807) is 11.9 Å². The Hall–Kier alpha value is -1.86. The van der Waals surface area contributed by atoms with Gasteiger partial charge >= 0.3 is 5.97 Å². The molecule has 20 heavy (non-hydrogen) atoms. The number of benzene rings is 1. The maximum Gasteiger partial charge on any atom is 0.325 e. The SMILES string of the molecule is Cc1nnc(CN(C)C(C(=O)O)c2ccc(F)cc2)s1. The molecule has 1 aromatic heterocycles. The van der Waals surface area contributed by atoms with Crippen LogP contribution in [0.25, 0.3) is 0 Å². The Bertz CT molecular complexity index is 600. The van der Waals surface area contributed by atoms with Crippen LogP contribution in [0.1, 0.15) is 21.6 Å². The van der Waals surface area contributed by atoms with E-state index in [2.05, 4.69) is 10.2 Å². The number of nitrogens with zero attached hydrogens (tertiary/aromatic N) is 3. The van der Waals surface area contributed by atoms with Crippen LogP contribution in [-0.4, -0.2) is 33.2 Å². The number of carbonyl (C=O) groups is 1. The first-order chi connectivity index (χ1) is 9.47. The number of likely N-dealkylation sites (N-methyl/N-ethyl adjacent to an activating group) is 1. The van der Waals surface area contributed by atoms with Crippen LogP contribution in [0.2, 0.25) is 0 Å². The predicted octanol–water partition coefficient (Wildman–Crippen LogP) is 2.24. The van der Waals surface area contributed by atoms with Crippen LogP contribution in [0.4, 0.5) is 4.39 Å². The van der Waals surface area contributed by atoms with Crippen molar-refractivity contribution in [3.63, 3.8) is 0 Å². The molecule has 0 bridgehead atoms. The van der Waals surface area contributed by atoms with Gasteiger partial charge in [-0.3, -0.25) is 9.69 Å². The first-order valence-electron chi connectivity index (χ1n) is 5.95. The first kappa shape index (κ1) is 14.5. The second-order valence-electron chi connectivity index (χ2n) is 4.42. The fraction of sp³-hybridized carbons (Fsp3) is 0.308. The Morgan fingerprint density at radius 3 is 2.55 bits per heavy atom. The van der Waals surface area contributed by atoms with Gasteiger partial charge in [0.1, 0.15) is 21.9 Å². The molecular weight excluding hydrogens is 281 g/mol. The molecule has 0 aliphatic heterocycles. The Morgan fingerprint density at radius 1 is 1.40 bits per heavy atom. The van der Waals surface area contributed by atoms with Gasteiger partial charge in [-0.15, -0.1) is 21.5 Å². The monoisotopic (exact) mass is 295 g/mol. The zero-order chi connectivity index (χ0) is 14.7. The third-order valence-corrected chi connectivity index (χ3v) is 3.64. The number of carboxylic acids is 1. The minimum Gasteiger partial charge on any atom is -0.480 e. The molecule has 0 fully saturated rings. The highest BCUT2D eigenvalue weighted by Crippen LogP contribution is 2.23. The smallest absolute Gasteiger partial charge is 0.325 e. The molecule has 0 spiro atoms. The topological polar surface area (TPSA) is 66.3 Å². The molecule has 5 nitrogen and oxygen atoms in total. The van der Waals surface area contributed by atoms with Crippen LogP contribution in [-0.2, 0) is 11.3 Å². The lowest BCUT2D eigenvalue weighted by Crippen LogP contribution is -2.30. The predicted molar refractivity (Wildman–Crippen MR) is 72.9 cm³/mol. The summed E-state index contributed by atoms with van der Waals surface area (Å²) in [6.07, 6.45) is 0. The zero-order valence-electron chi connectivity index (χ0n) is 11.1. The maximum atomic E-state index is 12.9. The molecule has 0 saturated carbocycles. The molecule has 0 amide bonds. The lowest BCUT2D eigenvalue weighted by molar-refractivity contribution is -0.143. The molecule has 0 aliphatic rings. The highest BCUT2D eigenvalue weighted by molar-refractivity contribution is 7.11. The van der Waals surface area contributed by atoms with Crippen molar-refractivity contribution in [2.75, 3.05) is 7.05 Å². The van der Waals surface area contributed by atoms with Crippen LogP contribution in [0.3, 0.4) is 0 Å². The van der Waals surface area contributed by atoms with Gasteiger partial charge in [-0.25, -0.2) is 4.39 Å². The van der Waals surface area contributed by atoms with Crippen molar-refractivity contribution in [2.45, 2.75) is 19.5 Å². The van der Waals surface area contributed by atoms with Crippen molar-refractivity contribution < 1.29 is 14.3 Å². The molecule has 2 rings (SSSR count). The number of aryl methyl sites for hydroxylation is 1. The van der Waals surface area contributed by atoms with Gasteiger partial charge in [0, 0.05) is 0 Å². The lowest BCUT2D eigenvalue weighted by atomic mass is 10.1. The van der Waals surface area contributed by atoms with Crippen LogP contribution in [0, 0.1) is 12.7 Å². The summed E-state index contributed by atoms with van der Waals surface area (Å²) in [6.45, 7) is 2.22. The maximum absolute atomic E-state index is 12.9. The van der Waals surface area contributed by atoms with Crippen molar-refractivity contribution >= 4 is 17.3 Å². The molecule has 0 aliphatic carbocycles. The molecule has 1 aromatic carbocycles. The number of halogens is 1. The molecule has 106 valence electrons. The van der Waals surface area contributed by atoms with Gasteiger partial charge in [-0.05, 0) is 31.7 Å². The fourth-order valence-electron chi connectivity index (χ4n) is 1.94. The summed E-state index contributed by atoms with van der Waals surface area (Å²) < 4.78 is 12.9. The van der Waals surface area contributed by atoms with Gasteiger partial charge in [0.2, 0.25) is 0 Å². The highest BCUT2D eigenvalue weighted by atomic mass is 32.1. The zero-order valence-corrected chi connectivity index (χ0v) is 11.9. The van der Waals surface area contributed by atoms with E-state index in [4.69, 9.17) is 0 Å². The van der Waals surface area contributed by atoms with E-state index in [1.165, 1.54) is 35.6 Å². The quantitative estimate of drug-likeness (QED) is 0.916. The van der Waals surface area contributed by atoms with Crippen molar-refractivity contribution in [3.05, 3.63) is 45.7 Å². The minimum atomic E-state index is -0.986. The number of aliphatic carboxylic acids is 1. The molecule has 1 heterocycles. The minimum absolute atomic E-state index is 0.375. The van der Waals surface area contributed by atoms with Gasteiger partial charge in [0.05, 0.1) is 6.54 Å². The van der Waals surface area contributed by atoms with Crippen LogP contribution < -0.4 is 0 Å². The molecular formula is C13H14FN3O2S. The summed E-state index contributed by atoms with van der Waals surface area (Å²) >= 11 is 1.43. The fourth-order valence-corrected chi connectivity index (χ4v) is 2.71. The van der Waals surface area contributed by atoms with Gasteiger partial charge in [-0.1, -0.05) is 12.1 Å². The lowest BCUT2D eigenvalue weighted by Gasteiger charge is -2.23. The standard InChI is InChI=1S/C13H14FN3O2S/c1-8-15-16-11(20-8)7-17(2)12(13(18)19)9-3-5-10(14)6-4-9/h3-6,12H,7H2,1-2H3,(H,18,19). The molecule has 1 unspecified atom stereocenters. The van der Waals surface area contributed by atoms with Crippen LogP contribution >= 0.6 is 11.3 Å². The number of hydrogen-bond acceptors (Lipinski definition) is 5. The Morgan fingerprint density at radius 2 is 2.05 bits per heavy atom. The second kappa shape index (κ2) is 6.06. The van der Waals surface area contributed by atoms with Gasteiger partial charge in [0.15, 0.2) is 0 Å². The number of carboxylic acid groups (broad SMARTS) is 1. The summed E-state index contributed by atoms with van der Waals surface area (Å²) in [6, 6.07) is 4.63. The van der Waals surface area contributed by atoms with Crippen molar-refractivity contribution in [1.82, 2.24) is 15.1 Å². The molecule has 1 N–H and O–H groups in total. The summed E-state index contributed by atoms with van der Waals surface area (Å²) in [5.74, 6) is -1.37. The van der Waals surface area contributed by atoms with E-state index in [9.17, 15) is 14.3 Å². The van der Waals surface area contributed by atoms with Crippen molar-refractivity contribution in [3.8, 4) is 0 Å². The summed E-state index contributed by atoms with van der Waals surface area (Å²) in [7, 11) is 1.69. The van der Waals surface area contributed by atoms with Crippen molar-refractivity contribution in [1.29, 1.82) is 0 Å². The third kappa shape index (κ3) is 3.37. The van der Waals surface area contributed by atoms with E-state index >= 15 is 0 Å². The van der Waals surface area contributed by atoms with Crippen LogP contribution in [0.15, 0.2) is 24.3 Å². The Labute approximate surface area is 119 Å². The molecule has 0 saturated heterocycles. The van der Waals surface area contributed by atoms with Gasteiger partial charge in [0.25, 0.3) is 0 Å². The van der Waals surface area contributed by atoms with Crippen molar-refractivity contribution in [2.24, 2.45) is 0 Å². The van der Waals surface area contributed by atoms with E-state index in [0.717, 1.165) is 10.0 Å². The second-order valence-corrected chi connectivity index (χ2v) is 5.69. The van der Waals surface area contributed by atoms with E-state index < -0.39 is 12.0 Å². The van der Waals surface area contributed by atoms with Gasteiger partial charge < -0.3 is 5.11 Å². The third-order valence-electron chi connectivity index (χ3n) is 2.81.